The lowest BCUT2D eigenvalue weighted by atomic mass is 9.93. The van der Waals surface area contributed by atoms with Crippen LogP contribution >= 0.6 is 0 Å². The average molecular weight is 1280 g/mol. The Kier molecular flexibility index (Phi) is 30.4. The number of nitrogens with one attached hydrogen (secondary N) is 2. The topological polar surface area (TPSA) is 415 Å². The van der Waals surface area contributed by atoms with Gasteiger partial charge in [0.05, 0.1) is 6.61 Å². The van der Waals surface area contributed by atoms with Crippen molar-refractivity contribution in [3.63, 3.8) is 0 Å². The summed E-state index contributed by atoms with van der Waals surface area (Å²) in [5.41, 5.74) is 0. The van der Waals surface area contributed by atoms with Gasteiger partial charge in [-0.25, -0.2) is 0 Å². The maximum atomic E-state index is 13.5. The van der Waals surface area contributed by atoms with Gasteiger partial charge in [-0.1, -0.05) is 39.0 Å². The Morgan fingerprint density at radius 3 is 1.08 bits per heavy atom. The highest BCUT2D eigenvalue weighted by molar-refractivity contribution is 5.74. The van der Waals surface area contributed by atoms with E-state index in [9.17, 15) is 62.6 Å². The molecule has 0 aromatic rings. The summed E-state index contributed by atoms with van der Waals surface area (Å²) in [4.78, 5) is 155. The molecule has 0 radical (unpaired) electrons. The minimum Gasteiger partial charge on any atom is -0.463 e. The summed E-state index contributed by atoms with van der Waals surface area (Å²) in [6, 6.07) is -3.33. The van der Waals surface area contributed by atoms with E-state index >= 15 is 0 Å². The van der Waals surface area contributed by atoms with Crippen molar-refractivity contribution in [2.75, 3.05) is 33.0 Å². The number of hydrogen-bond acceptors (Lipinski definition) is 31. The van der Waals surface area contributed by atoms with Gasteiger partial charge in [0.1, 0.15) is 74.6 Å². The zero-order valence-corrected chi connectivity index (χ0v) is 52.0. The highest BCUT2D eigenvalue weighted by atomic mass is 16.8. The van der Waals surface area contributed by atoms with Crippen molar-refractivity contribution in [2.45, 2.75) is 251 Å². The Bertz CT molecular complexity index is 2440. The van der Waals surface area contributed by atoms with Crippen LogP contribution < -0.4 is 10.6 Å². The Labute approximate surface area is 513 Å². The van der Waals surface area contributed by atoms with Crippen molar-refractivity contribution < 1.29 is 148 Å². The van der Waals surface area contributed by atoms with Crippen LogP contribution in [0, 0.1) is 0 Å². The first-order chi connectivity index (χ1) is 41.9. The second kappa shape index (κ2) is 36.2. The molecule has 89 heavy (non-hydrogen) atoms. The Balaban J connectivity index is 1.97. The number of amides is 2. The highest BCUT2D eigenvalue weighted by Gasteiger charge is 2.61. The van der Waals surface area contributed by atoms with Gasteiger partial charge >= 0.3 is 59.7 Å². The molecular formula is C56H84N2O31. The number of aliphatic hydroxyl groups excluding tert-OH is 1. The van der Waals surface area contributed by atoms with Crippen LogP contribution in [0.25, 0.3) is 0 Å². The molecule has 4 rings (SSSR count). The molecule has 4 aliphatic rings. The molecule has 33 nitrogen and oxygen atoms in total. The lowest BCUT2D eigenvalue weighted by Gasteiger charge is -2.51. The van der Waals surface area contributed by atoms with Crippen LogP contribution in [0.15, 0.2) is 0 Å². The third kappa shape index (κ3) is 23.6. The van der Waals surface area contributed by atoms with Gasteiger partial charge in [0, 0.05) is 89.7 Å². The van der Waals surface area contributed by atoms with Crippen LogP contribution in [-0.4, -0.2) is 232 Å². The fourth-order valence-electron chi connectivity index (χ4n) is 10.3. The van der Waals surface area contributed by atoms with E-state index < -0.39 is 221 Å². The fourth-order valence-corrected chi connectivity index (χ4v) is 10.3. The van der Waals surface area contributed by atoms with Gasteiger partial charge in [0.25, 0.3) is 0 Å². The molecule has 0 spiro atoms. The molecule has 3 N–H and O–H groups in total. The first-order valence-electron chi connectivity index (χ1n) is 28.9. The van der Waals surface area contributed by atoms with Gasteiger partial charge in [-0.2, -0.15) is 0 Å². The molecule has 2 amide bonds. The van der Waals surface area contributed by atoms with E-state index in [1.54, 1.807) is 0 Å². The summed E-state index contributed by atoms with van der Waals surface area (Å²) in [6.45, 7) is 11.0. The third-order valence-corrected chi connectivity index (χ3v) is 13.5. The zero-order valence-electron chi connectivity index (χ0n) is 52.0. The maximum Gasteiger partial charge on any atom is 0.303 e. The number of rotatable bonds is 30. The standard InChI is InChI=1S/C56H84N2O31/c1-14-15-16-17-18-19-20-72-53-41(57-25(2)60)48(44(76-30(7)65)38(84-53)22-73-27(4)62)88-56-52(82-36(13)71)50(46(78-32(9)67)40(86-56)24-75-29(6)64)89-54-42(58-26(3)61)47(79-33(10)68)43(37(21-59)83-54)87-55-51(81-35(12)70)49(80-34(11)69)45(77-31(8)66)39(85-55)23-74-28(5)63/h37-56,59H,14-24H2,1-13H3,(H,57,60)(H,58,61)/t37-,38-,39-,40-,41-,42-,43-,44+,45+,46+,47-,48-,49+,50+,51-,52-,53+,54+,55+,56+/m1/s1. The van der Waals surface area contributed by atoms with Crippen molar-refractivity contribution in [1.29, 1.82) is 0 Å². The lowest BCUT2D eigenvalue weighted by molar-refractivity contribution is -0.377. The first-order valence-corrected chi connectivity index (χ1v) is 28.9. The number of hydrogen-bond donors (Lipinski definition) is 3. The molecule has 4 fully saturated rings. The minimum absolute atomic E-state index is 0.0485. The number of carbonyl (C=O) groups excluding carboxylic acids is 12. The lowest BCUT2D eigenvalue weighted by Crippen LogP contribution is -2.71. The molecule has 0 aliphatic carbocycles. The molecule has 504 valence electrons. The third-order valence-electron chi connectivity index (χ3n) is 13.5. The summed E-state index contributed by atoms with van der Waals surface area (Å²) in [5.74, 6) is -11.3. The SMILES string of the molecule is CCCCCCCCO[C@H]1O[C@H](COC(C)=O)[C@H](OC(C)=O)[C@H](O[C@@H]2O[C@H](COC(C)=O)[C@H](OC(C)=O)[C@H](O[C@@H]3O[C@H](CO)[C@@H](O[C@@H]4O[C@H](COC(C)=O)[C@H](OC(C)=O)[C@H](OC(C)=O)[C@H]4OC(C)=O)[C@H](OC(C)=O)[C@H]3NC(C)=O)[C@H]2OC(C)=O)[C@H]1NC(C)=O. The van der Waals surface area contributed by atoms with Crippen LogP contribution in [0.1, 0.15) is 129 Å². The van der Waals surface area contributed by atoms with Gasteiger partial charge < -0.3 is 101 Å². The Morgan fingerprint density at radius 2 is 0.663 bits per heavy atom. The fraction of sp³-hybridized carbons (Fsp3) is 0.786. The van der Waals surface area contributed by atoms with Crippen LogP contribution in [0.2, 0.25) is 0 Å². The first kappa shape index (κ1) is 74.7. The van der Waals surface area contributed by atoms with Crippen molar-refractivity contribution >= 4 is 71.5 Å². The minimum atomic E-state index is -2.10. The molecule has 0 aromatic heterocycles. The van der Waals surface area contributed by atoms with Crippen LogP contribution in [-0.2, 0) is 143 Å². The average Bonchev–Trinajstić information content (AvgIpc) is 1.33. The normalized spacial score (nSPS) is 31.6. The summed E-state index contributed by atoms with van der Waals surface area (Å²) in [7, 11) is 0. The monoisotopic (exact) mass is 1280 g/mol. The van der Waals surface area contributed by atoms with Crippen LogP contribution in [0.5, 0.6) is 0 Å². The van der Waals surface area contributed by atoms with Crippen molar-refractivity contribution in [3.05, 3.63) is 0 Å². The van der Waals surface area contributed by atoms with Crippen LogP contribution in [0.4, 0.5) is 0 Å². The van der Waals surface area contributed by atoms with E-state index in [2.05, 4.69) is 17.6 Å². The molecular weight excluding hydrogens is 1200 g/mol. The number of ether oxygens (including phenoxy) is 18. The van der Waals surface area contributed by atoms with Gasteiger partial charge in [-0.3, -0.25) is 57.5 Å². The van der Waals surface area contributed by atoms with Gasteiger partial charge in [0.2, 0.25) is 11.8 Å². The second-order valence-electron chi connectivity index (χ2n) is 21.2. The van der Waals surface area contributed by atoms with Gasteiger partial charge in [-0.05, 0) is 6.42 Å². The molecule has 4 heterocycles. The van der Waals surface area contributed by atoms with Crippen molar-refractivity contribution in [2.24, 2.45) is 0 Å². The Hall–Kier alpha value is -6.72. The van der Waals surface area contributed by atoms with Gasteiger partial charge in [-0.15, -0.1) is 0 Å². The summed E-state index contributed by atoms with van der Waals surface area (Å²) in [6.07, 6.45) is -27.7. The van der Waals surface area contributed by atoms with E-state index in [-0.39, 0.29) is 6.61 Å². The molecule has 0 saturated carbocycles. The van der Waals surface area contributed by atoms with Crippen LogP contribution in [0.3, 0.4) is 0 Å². The van der Waals surface area contributed by atoms with E-state index in [4.69, 9.17) is 85.3 Å². The molecule has 0 unspecified atom stereocenters. The largest absolute Gasteiger partial charge is 0.463 e. The van der Waals surface area contributed by atoms with Crippen molar-refractivity contribution in [1.82, 2.24) is 10.6 Å². The number of aliphatic hydroxyl groups is 1. The highest BCUT2D eigenvalue weighted by Crippen LogP contribution is 2.39. The maximum absolute atomic E-state index is 13.5. The summed E-state index contributed by atoms with van der Waals surface area (Å²) < 4.78 is 107. The molecule has 20 atom stereocenters. The summed E-state index contributed by atoms with van der Waals surface area (Å²) in [5, 5.41) is 16.5. The molecule has 4 aliphatic heterocycles. The quantitative estimate of drug-likeness (QED) is 0.0469. The smallest absolute Gasteiger partial charge is 0.303 e. The van der Waals surface area contributed by atoms with E-state index in [1.807, 2.05) is 0 Å². The predicted molar refractivity (Wildman–Crippen MR) is 290 cm³/mol. The molecule has 0 aromatic carbocycles. The van der Waals surface area contributed by atoms with Crippen molar-refractivity contribution in [3.8, 4) is 0 Å². The number of unbranched alkanes of at least 4 members (excludes halogenated alkanes) is 5. The second-order valence-corrected chi connectivity index (χ2v) is 21.2. The summed E-state index contributed by atoms with van der Waals surface area (Å²) >= 11 is 0. The number of esters is 10. The predicted octanol–water partition coefficient (Wildman–Crippen LogP) is -0.368. The molecule has 0 bridgehead atoms. The van der Waals surface area contributed by atoms with Gasteiger partial charge in [0.15, 0.2) is 67.9 Å². The van der Waals surface area contributed by atoms with E-state index in [0.29, 0.717) is 6.42 Å². The number of carbonyl (C=O) groups is 12. The van der Waals surface area contributed by atoms with E-state index in [0.717, 1.165) is 115 Å². The molecule has 33 heteroatoms. The molecule has 4 saturated heterocycles. The Morgan fingerprint density at radius 1 is 0.337 bits per heavy atom. The van der Waals surface area contributed by atoms with E-state index in [1.165, 1.54) is 0 Å². The zero-order chi connectivity index (χ0) is 66.4.